The van der Waals surface area contributed by atoms with Crippen molar-refractivity contribution < 1.29 is 19.5 Å². The average molecular weight is 304 g/mol. The minimum absolute atomic E-state index is 0.178. The lowest BCUT2D eigenvalue weighted by molar-refractivity contribution is -0.161. The highest BCUT2D eigenvalue weighted by Gasteiger charge is 2.37. The van der Waals surface area contributed by atoms with E-state index >= 15 is 0 Å². The lowest BCUT2D eigenvalue weighted by Gasteiger charge is -2.41. The van der Waals surface area contributed by atoms with Crippen molar-refractivity contribution in [1.82, 2.24) is 10.0 Å². The molecule has 1 atom stereocenters. The molecule has 0 spiro atoms. The van der Waals surface area contributed by atoms with E-state index in [0.717, 1.165) is 15.6 Å². The van der Waals surface area contributed by atoms with E-state index in [1.54, 1.807) is 0 Å². The monoisotopic (exact) mass is 304 g/mol. The van der Waals surface area contributed by atoms with Gasteiger partial charge in [-0.2, -0.15) is 0 Å². The zero-order valence-corrected chi connectivity index (χ0v) is 12.6. The van der Waals surface area contributed by atoms with Crippen molar-refractivity contribution in [1.29, 1.82) is 0 Å². The first-order valence-corrected chi connectivity index (χ1v) is 7.37. The Bertz CT molecular complexity index is 537. The number of hydrogen-bond acceptors (Lipinski definition) is 3. The van der Waals surface area contributed by atoms with Crippen molar-refractivity contribution in [2.75, 3.05) is 6.54 Å². The minimum Gasteiger partial charge on any atom is -0.464 e. The third kappa shape index (κ3) is 3.63. The normalized spacial score (nSPS) is 18.1. The third-order valence-electron chi connectivity index (χ3n) is 3.82. The van der Waals surface area contributed by atoms with E-state index in [-0.39, 0.29) is 24.7 Å². The molecule has 6 heteroatoms. The molecule has 0 radical (unpaired) electrons. The summed E-state index contributed by atoms with van der Waals surface area (Å²) < 4.78 is 0. The average Bonchev–Trinajstić information content (AvgIpc) is 2.52. The summed E-state index contributed by atoms with van der Waals surface area (Å²) in [5.74, 6) is -0.509. The Morgan fingerprint density at radius 3 is 2.50 bits per heavy atom. The molecule has 0 saturated carbocycles. The van der Waals surface area contributed by atoms with E-state index in [9.17, 15) is 19.5 Å². The van der Waals surface area contributed by atoms with E-state index in [2.05, 4.69) is 0 Å². The first kappa shape index (κ1) is 16.0. The molecule has 1 saturated heterocycles. The van der Waals surface area contributed by atoms with Gasteiger partial charge in [-0.1, -0.05) is 30.3 Å². The molecular formula is C16H20N2O4. The Morgan fingerprint density at radius 2 is 1.91 bits per heavy atom. The number of rotatable bonds is 4. The molecule has 1 aliphatic rings. The summed E-state index contributed by atoms with van der Waals surface area (Å²) in [7, 11) is 0. The molecule has 1 aromatic rings. The number of amides is 2. The van der Waals surface area contributed by atoms with Gasteiger partial charge in [0.15, 0.2) is 5.78 Å². The first-order valence-electron chi connectivity index (χ1n) is 7.37. The highest BCUT2D eigenvalue weighted by Crippen LogP contribution is 2.21. The maximum Gasteiger partial charge on any atom is 0.426 e. The Hall–Kier alpha value is -2.37. The molecule has 0 aromatic heterocycles. The maximum absolute atomic E-state index is 12.5. The molecule has 2 amide bonds. The molecular weight excluding hydrogens is 284 g/mol. The molecule has 1 aromatic carbocycles. The molecule has 2 rings (SSSR count). The number of benzene rings is 1. The SMILES string of the molecule is CC(=O)[C@@H]1CCCN(C(=O)O)N1C(=O)CCc1ccccc1. The fourth-order valence-corrected chi connectivity index (χ4v) is 2.71. The van der Waals surface area contributed by atoms with Gasteiger partial charge in [0, 0.05) is 13.0 Å². The zero-order valence-electron chi connectivity index (χ0n) is 12.6. The summed E-state index contributed by atoms with van der Waals surface area (Å²) in [5.41, 5.74) is 1.01. The van der Waals surface area contributed by atoms with Gasteiger partial charge >= 0.3 is 6.09 Å². The number of hydrazine groups is 1. The van der Waals surface area contributed by atoms with Crippen LogP contribution in [0.15, 0.2) is 30.3 Å². The lowest BCUT2D eigenvalue weighted by atomic mass is 10.0. The summed E-state index contributed by atoms with van der Waals surface area (Å²) in [4.78, 5) is 35.5. The van der Waals surface area contributed by atoms with Gasteiger partial charge in [-0.3, -0.25) is 9.59 Å². The molecule has 1 fully saturated rings. The molecule has 118 valence electrons. The number of aryl methyl sites for hydroxylation is 1. The van der Waals surface area contributed by atoms with Crippen molar-refractivity contribution in [3.05, 3.63) is 35.9 Å². The fourth-order valence-electron chi connectivity index (χ4n) is 2.71. The van der Waals surface area contributed by atoms with Gasteiger partial charge in [0.1, 0.15) is 6.04 Å². The van der Waals surface area contributed by atoms with Crippen molar-refractivity contribution >= 4 is 17.8 Å². The minimum atomic E-state index is -1.20. The predicted octanol–water partition coefficient (Wildman–Crippen LogP) is 2.09. The summed E-state index contributed by atoms with van der Waals surface area (Å²) in [6, 6.07) is 8.84. The summed E-state index contributed by atoms with van der Waals surface area (Å²) in [6.45, 7) is 1.64. The van der Waals surface area contributed by atoms with Crippen LogP contribution in [0.25, 0.3) is 0 Å². The van der Waals surface area contributed by atoms with E-state index in [1.807, 2.05) is 30.3 Å². The largest absolute Gasteiger partial charge is 0.464 e. The van der Waals surface area contributed by atoms with Gasteiger partial charge in [-0.15, -0.1) is 0 Å². The standard InChI is InChI=1S/C16H20N2O4/c1-12(19)14-8-5-11-17(16(21)22)18(14)15(20)10-9-13-6-3-2-4-7-13/h2-4,6-7,14H,5,8-11H2,1H3,(H,21,22)/t14-/m0/s1. The van der Waals surface area contributed by atoms with Crippen molar-refractivity contribution in [2.24, 2.45) is 0 Å². The number of carbonyl (C=O) groups excluding carboxylic acids is 2. The van der Waals surface area contributed by atoms with Crippen LogP contribution in [0.5, 0.6) is 0 Å². The first-order chi connectivity index (χ1) is 10.5. The Balaban J connectivity index is 2.11. The van der Waals surface area contributed by atoms with Crippen LogP contribution in [0, 0.1) is 0 Å². The zero-order chi connectivity index (χ0) is 16.1. The molecule has 1 N–H and O–H groups in total. The lowest BCUT2D eigenvalue weighted by Crippen LogP contribution is -2.59. The van der Waals surface area contributed by atoms with Crippen LogP contribution in [0.1, 0.15) is 31.7 Å². The molecule has 1 aliphatic heterocycles. The number of carbonyl (C=O) groups is 3. The number of Topliss-reactive ketones (excluding diaryl/α,β-unsaturated/α-hetero) is 1. The van der Waals surface area contributed by atoms with E-state index in [0.29, 0.717) is 19.3 Å². The third-order valence-corrected chi connectivity index (χ3v) is 3.82. The fraction of sp³-hybridized carbons (Fsp3) is 0.438. The van der Waals surface area contributed by atoms with Gasteiger partial charge in [-0.25, -0.2) is 14.8 Å². The van der Waals surface area contributed by atoms with E-state index < -0.39 is 12.1 Å². The molecule has 0 bridgehead atoms. The van der Waals surface area contributed by atoms with Crippen LogP contribution in [0.2, 0.25) is 0 Å². The second-order valence-electron chi connectivity index (χ2n) is 5.40. The molecule has 0 aliphatic carbocycles. The van der Waals surface area contributed by atoms with Crippen LogP contribution in [-0.2, 0) is 16.0 Å². The highest BCUT2D eigenvalue weighted by molar-refractivity contribution is 5.88. The quantitative estimate of drug-likeness (QED) is 0.924. The number of hydrogen-bond donors (Lipinski definition) is 1. The van der Waals surface area contributed by atoms with Gasteiger partial charge < -0.3 is 5.11 Å². The van der Waals surface area contributed by atoms with Crippen LogP contribution < -0.4 is 0 Å². The van der Waals surface area contributed by atoms with Crippen LogP contribution in [0.4, 0.5) is 4.79 Å². The predicted molar refractivity (Wildman–Crippen MR) is 80.0 cm³/mol. The van der Waals surface area contributed by atoms with Crippen LogP contribution >= 0.6 is 0 Å². The Kier molecular flexibility index (Phi) is 5.14. The topological polar surface area (TPSA) is 77.9 Å². The molecule has 1 heterocycles. The molecule has 0 unspecified atom stereocenters. The summed E-state index contributed by atoms with van der Waals surface area (Å²) >= 11 is 0. The molecule has 6 nitrogen and oxygen atoms in total. The number of carboxylic acid groups (broad SMARTS) is 1. The Labute approximate surface area is 129 Å². The maximum atomic E-state index is 12.5. The number of nitrogens with zero attached hydrogens (tertiary/aromatic N) is 2. The van der Waals surface area contributed by atoms with E-state index in [4.69, 9.17) is 0 Å². The van der Waals surface area contributed by atoms with Gasteiger partial charge in [-0.05, 0) is 31.7 Å². The van der Waals surface area contributed by atoms with Crippen LogP contribution in [0.3, 0.4) is 0 Å². The van der Waals surface area contributed by atoms with Crippen LogP contribution in [-0.4, -0.2) is 45.5 Å². The van der Waals surface area contributed by atoms with Gasteiger partial charge in [0.05, 0.1) is 0 Å². The van der Waals surface area contributed by atoms with E-state index in [1.165, 1.54) is 6.92 Å². The second kappa shape index (κ2) is 7.06. The van der Waals surface area contributed by atoms with Gasteiger partial charge in [0.2, 0.25) is 5.91 Å². The number of ketones is 1. The van der Waals surface area contributed by atoms with Gasteiger partial charge in [0.25, 0.3) is 0 Å². The van der Waals surface area contributed by atoms with Crippen molar-refractivity contribution in [3.8, 4) is 0 Å². The summed E-state index contributed by atoms with van der Waals surface area (Å²) in [6.07, 6.45) is 0.597. The second-order valence-corrected chi connectivity index (χ2v) is 5.40. The highest BCUT2D eigenvalue weighted by atomic mass is 16.4. The van der Waals surface area contributed by atoms with Crippen molar-refractivity contribution in [3.63, 3.8) is 0 Å². The molecule has 22 heavy (non-hydrogen) atoms. The van der Waals surface area contributed by atoms with Crippen molar-refractivity contribution in [2.45, 2.75) is 38.6 Å². The Morgan fingerprint density at radius 1 is 1.23 bits per heavy atom. The summed E-state index contributed by atoms with van der Waals surface area (Å²) in [5, 5.41) is 11.4. The smallest absolute Gasteiger partial charge is 0.426 e.